The van der Waals surface area contributed by atoms with Crippen LogP contribution in [0, 0.1) is 0 Å². The SMILES string of the molecule is COCCc1noc(CNC(=O)N(C)Cc2nc3ccccc3s2)n1. The van der Waals surface area contributed by atoms with Gasteiger partial charge in [-0.3, -0.25) is 0 Å². The van der Waals surface area contributed by atoms with Gasteiger partial charge in [-0.2, -0.15) is 4.98 Å². The van der Waals surface area contributed by atoms with Crippen LogP contribution in [0.2, 0.25) is 0 Å². The highest BCUT2D eigenvalue weighted by Gasteiger charge is 2.13. The van der Waals surface area contributed by atoms with Crippen LogP contribution in [0.15, 0.2) is 28.8 Å². The van der Waals surface area contributed by atoms with E-state index in [-0.39, 0.29) is 12.6 Å². The number of fused-ring (bicyclic) bond motifs is 1. The molecule has 132 valence electrons. The van der Waals surface area contributed by atoms with E-state index in [2.05, 4.69) is 20.4 Å². The van der Waals surface area contributed by atoms with E-state index in [0.717, 1.165) is 15.2 Å². The van der Waals surface area contributed by atoms with E-state index in [1.165, 1.54) is 0 Å². The smallest absolute Gasteiger partial charge is 0.317 e. The molecule has 2 aromatic heterocycles. The molecule has 2 heterocycles. The molecule has 3 rings (SSSR count). The summed E-state index contributed by atoms with van der Waals surface area (Å²) >= 11 is 1.58. The van der Waals surface area contributed by atoms with E-state index >= 15 is 0 Å². The van der Waals surface area contributed by atoms with Crippen LogP contribution in [-0.2, 0) is 24.2 Å². The van der Waals surface area contributed by atoms with Crippen LogP contribution in [-0.4, -0.2) is 46.8 Å². The number of para-hydroxylation sites is 1. The molecule has 0 radical (unpaired) electrons. The number of ether oxygens (including phenoxy) is 1. The zero-order valence-corrected chi connectivity index (χ0v) is 14.9. The molecule has 0 unspecified atom stereocenters. The molecule has 0 fully saturated rings. The Labute approximate surface area is 148 Å². The molecule has 8 nitrogen and oxygen atoms in total. The average molecular weight is 361 g/mol. The van der Waals surface area contributed by atoms with Crippen molar-refractivity contribution < 1.29 is 14.1 Å². The molecule has 25 heavy (non-hydrogen) atoms. The van der Waals surface area contributed by atoms with Crippen LogP contribution >= 0.6 is 11.3 Å². The third kappa shape index (κ3) is 4.52. The number of hydrogen-bond donors (Lipinski definition) is 1. The van der Waals surface area contributed by atoms with Crippen molar-refractivity contribution in [3.63, 3.8) is 0 Å². The number of amides is 2. The van der Waals surface area contributed by atoms with Gasteiger partial charge < -0.3 is 19.5 Å². The first-order valence-corrected chi connectivity index (χ1v) is 8.61. The van der Waals surface area contributed by atoms with Crippen molar-refractivity contribution in [2.24, 2.45) is 0 Å². The maximum atomic E-state index is 12.2. The molecule has 3 aromatic rings. The summed E-state index contributed by atoms with van der Waals surface area (Å²) in [7, 11) is 3.34. The molecule has 0 spiro atoms. The van der Waals surface area contributed by atoms with Gasteiger partial charge in [0.2, 0.25) is 5.89 Å². The summed E-state index contributed by atoms with van der Waals surface area (Å²) in [6, 6.07) is 7.69. The van der Waals surface area contributed by atoms with Crippen molar-refractivity contribution in [3.8, 4) is 0 Å². The number of aromatic nitrogens is 3. The first-order chi connectivity index (χ1) is 12.2. The fourth-order valence-electron chi connectivity index (χ4n) is 2.21. The van der Waals surface area contributed by atoms with E-state index in [0.29, 0.717) is 31.3 Å². The van der Waals surface area contributed by atoms with Crippen LogP contribution in [0.4, 0.5) is 4.79 Å². The van der Waals surface area contributed by atoms with E-state index in [1.807, 2.05) is 24.3 Å². The van der Waals surface area contributed by atoms with E-state index in [1.54, 1.807) is 30.4 Å². The number of hydrogen-bond acceptors (Lipinski definition) is 7. The van der Waals surface area contributed by atoms with Gasteiger partial charge >= 0.3 is 6.03 Å². The predicted octanol–water partition coefficient (Wildman–Crippen LogP) is 2.21. The van der Waals surface area contributed by atoms with Crippen LogP contribution in [0.25, 0.3) is 10.2 Å². The molecule has 0 aliphatic carbocycles. The predicted molar refractivity (Wildman–Crippen MR) is 93.2 cm³/mol. The molecule has 9 heteroatoms. The number of urea groups is 1. The van der Waals surface area contributed by atoms with Gasteiger partial charge in [0, 0.05) is 20.6 Å². The number of carbonyl (C=O) groups excluding carboxylic acids is 1. The summed E-state index contributed by atoms with van der Waals surface area (Å²) in [4.78, 5) is 22.5. The zero-order chi connectivity index (χ0) is 17.6. The van der Waals surface area contributed by atoms with Crippen molar-refractivity contribution in [2.75, 3.05) is 20.8 Å². The van der Waals surface area contributed by atoms with Gasteiger partial charge in [0.05, 0.1) is 29.9 Å². The van der Waals surface area contributed by atoms with Gasteiger partial charge in [-0.1, -0.05) is 17.3 Å². The molecule has 0 bridgehead atoms. The Morgan fingerprint density at radius 2 is 2.20 bits per heavy atom. The fraction of sp³-hybridized carbons (Fsp3) is 0.375. The fourth-order valence-corrected chi connectivity index (χ4v) is 3.23. The quantitative estimate of drug-likeness (QED) is 0.693. The lowest BCUT2D eigenvalue weighted by molar-refractivity contribution is 0.199. The Balaban J connectivity index is 1.51. The van der Waals surface area contributed by atoms with Gasteiger partial charge in [-0.05, 0) is 12.1 Å². The van der Waals surface area contributed by atoms with Gasteiger partial charge in [-0.15, -0.1) is 11.3 Å². The minimum atomic E-state index is -0.226. The van der Waals surface area contributed by atoms with Crippen molar-refractivity contribution in [1.82, 2.24) is 25.3 Å². The second-order valence-electron chi connectivity index (χ2n) is 5.44. The first-order valence-electron chi connectivity index (χ1n) is 7.79. The molecule has 0 aliphatic rings. The number of carbonyl (C=O) groups is 1. The monoisotopic (exact) mass is 361 g/mol. The number of thiazole rings is 1. The minimum absolute atomic E-state index is 0.184. The lowest BCUT2D eigenvalue weighted by Crippen LogP contribution is -2.36. The molecule has 0 saturated carbocycles. The Bertz CT molecular complexity index is 814. The summed E-state index contributed by atoms with van der Waals surface area (Å²) in [6.07, 6.45) is 0.575. The molecule has 2 amide bonds. The summed E-state index contributed by atoms with van der Waals surface area (Å²) in [5.74, 6) is 0.932. The van der Waals surface area contributed by atoms with Crippen molar-refractivity contribution >= 4 is 27.6 Å². The van der Waals surface area contributed by atoms with Crippen LogP contribution in [0.3, 0.4) is 0 Å². The van der Waals surface area contributed by atoms with Gasteiger partial charge in [0.1, 0.15) is 5.01 Å². The summed E-state index contributed by atoms with van der Waals surface area (Å²) in [5, 5.41) is 7.48. The maximum absolute atomic E-state index is 12.2. The topological polar surface area (TPSA) is 93.4 Å². The first kappa shape index (κ1) is 17.3. The van der Waals surface area contributed by atoms with E-state index in [4.69, 9.17) is 9.26 Å². The minimum Gasteiger partial charge on any atom is -0.384 e. The van der Waals surface area contributed by atoms with Crippen molar-refractivity contribution in [1.29, 1.82) is 0 Å². The standard InChI is InChI=1S/C16H19N5O3S/c1-21(10-15-18-11-5-3-4-6-12(11)25-15)16(22)17-9-14-19-13(20-24-14)7-8-23-2/h3-6H,7-10H2,1-2H3,(H,17,22). The van der Waals surface area contributed by atoms with Crippen LogP contribution in [0.5, 0.6) is 0 Å². The van der Waals surface area contributed by atoms with Crippen molar-refractivity contribution in [3.05, 3.63) is 41.0 Å². The average Bonchev–Trinajstić information content (AvgIpc) is 3.23. The van der Waals surface area contributed by atoms with E-state index < -0.39 is 0 Å². The summed E-state index contributed by atoms with van der Waals surface area (Å²) < 4.78 is 11.2. The second kappa shape index (κ2) is 8.04. The van der Waals surface area contributed by atoms with Gasteiger partial charge in [-0.25, -0.2) is 9.78 Å². The molecule has 0 saturated heterocycles. The third-order valence-corrected chi connectivity index (χ3v) is 4.51. The third-order valence-electron chi connectivity index (χ3n) is 3.49. The Kier molecular flexibility index (Phi) is 5.56. The highest BCUT2D eigenvalue weighted by molar-refractivity contribution is 7.18. The molecule has 1 aromatic carbocycles. The number of methoxy groups -OCH3 is 1. The molecule has 1 N–H and O–H groups in total. The van der Waals surface area contributed by atoms with Crippen LogP contribution in [0.1, 0.15) is 16.7 Å². The Hall–Kier alpha value is -2.52. The van der Waals surface area contributed by atoms with Gasteiger partial charge in [0.25, 0.3) is 0 Å². The van der Waals surface area contributed by atoms with E-state index in [9.17, 15) is 4.79 Å². The molecular weight excluding hydrogens is 342 g/mol. The Morgan fingerprint density at radius 3 is 3.00 bits per heavy atom. The van der Waals surface area contributed by atoms with Crippen molar-refractivity contribution in [2.45, 2.75) is 19.5 Å². The molecule has 0 atom stereocenters. The molecular formula is C16H19N5O3S. The number of rotatable bonds is 7. The number of benzene rings is 1. The number of nitrogens with zero attached hydrogens (tertiary/aromatic N) is 4. The lowest BCUT2D eigenvalue weighted by atomic mass is 10.3. The highest BCUT2D eigenvalue weighted by Crippen LogP contribution is 2.22. The largest absolute Gasteiger partial charge is 0.384 e. The van der Waals surface area contributed by atoms with Crippen LogP contribution < -0.4 is 5.32 Å². The normalized spacial score (nSPS) is 11.0. The zero-order valence-electron chi connectivity index (χ0n) is 14.1. The summed E-state index contributed by atoms with van der Waals surface area (Å²) in [6.45, 7) is 1.15. The van der Waals surface area contributed by atoms with Gasteiger partial charge in [0.15, 0.2) is 5.82 Å². The molecule has 0 aliphatic heterocycles. The Morgan fingerprint density at radius 1 is 1.36 bits per heavy atom. The number of nitrogens with one attached hydrogen (secondary N) is 1. The second-order valence-corrected chi connectivity index (χ2v) is 6.55. The maximum Gasteiger partial charge on any atom is 0.317 e. The lowest BCUT2D eigenvalue weighted by Gasteiger charge is -2.15. The highest BCUT2D eigenvalue weighted by atomic mass is 32.1. The summed E-state index contributed by atoms with van der Waals surface area (Å²) in [5.41, 5.74) is 0.950.